The van der Waals surface area contributed by atoms with Gasteiger partial charge < -0.3 is 0 Å². The molecule has 0 fully saturated rings. The van der Waals surface area contributed by atoms with Gasteiger partial charge in [-0.05, 0) is 18.4 Å². The second kappa shape index (κ2) is 4.11. The summed E-state index contributed by atoms with van der Waals surface area (Å²) in [5.74, 6) is -0.0545. The molecule has 1 unspecified atom stereocenters. The Labute approximate surface area is 85.0 Å². The van der Waals surface area contributed by atoms with E-state index in [0.717, 1.165) is 11.1 Å². The van der Waals surface area contributed by atoms with E-state index in [1.807, 2.05) is 38.1 Å². The second-order valence-electron chi connectivity index (χ2n) is 3.64. The fraction of sp³-hybridized carbons (Fsp3) is 0.400. The van der Waals surface area contributed by atoms with E-state index in [9.17, 15) is 8.42 Å². The minimum atomic E-state index is -3.38. The summed E-state index contributed by atoms with van der Waals surface area (Å²) in [6.07, 6.45) is 0. The third kappa shape index (κ3) is 3.47. The van der Waals surface area contributed by atoms with Gasteiger partial charge >= 0.3 is 0 Å². The third-order valence-corrected chi connectivity index (χ3v) is 3.06. The number of primary sulfonamides is 1. The van der Waals surface area contributed by atoms with Gasteiger partial charge in [0.25, 0.3) is 0 Å². The van der Waals surface area contributed by atoms with E-state index in [1.54, 1.807) is 0 Å². The Balaban J connectivity index is 2.85. The maximum absolute atomic E-state index is 10.9. The zero-order valence-electron chi connectivity index (χ0n) is 8.40. The lowest BCUT2D eigenvalue weighted by molar-refractivity contribution is 0.592. The van der Waals surface area contributed by atoms with Gasteiger partial charge in [0.05, 0.1) is 5.75 Å². The summed E-state index contributed by atoms with van der Waals surface area (Å²) < 4.78 is 21.8. The van der Waals surface area contributed by atoms with Crippen LogP contribution >= 0.6 is 0 Å². The molecule has 0 radical (unpaired) electrons. The molecule has 0 saturated heterocycles. The minimum Gasteiger partial charge on any atom is -0.229 e. The number of aryl methyl sites for hydroxylation is 1. The number of nitrogens with two attached hydrogens (primary N) is 1. The number of benzene rings is 1. The van der Waals surface area contributed by atoms with Crippen LogP contribution in [0.2, 0.25) is 0 Å². The van der Waals surface area contributed by atoms with E-state index >= 15 is 0 Å². The Bertz CT molecular complexity index is 412. The van der Waals surface area contributed by atoms with Gasteiger partial charge in [-0.3, -0.25) is 0 Å². The molecule has 1 aromatic carbocycles. The average molecular weight is 213 g/mol. The SMILES string of the molecule is Cc1cccc(C(C)CS(N)(=O)=O)c1. The number of hydrogen-bond donors (Lipinski definition) is 1. The van der Waals surface area contributed by atoms with Crippen molar-refractivity contribution < 1.29 is 8.42 Å². The van der Waals surface area contributed by atoms with E-state index < -0.39 is 10.0 Å². The molecule has 0 aromatic heterocycles. The third-order valence-electron chi connectivity index (χ3n) is 2.09. The second-order valence-corrected chi connectivity index (χ2v) is 5.30. The molecule has 14 heavy (non-hydrogen) atoms. The minimum absolute atomic E-state index is 0.00352. The fourth-order valence-corrected chi connectivity index (χ4v) is 2.31. The average Bonchev–Trinajstić information content (AvgIpc) is 2.01. The molecule has 4 heteroatoms. The summed E-state index contributed by atoms with van der Waals surface area (Å²) in [5.41, 5.74) is 2.14. The summed E-state index contributed by atoms with van der Waals surface area (Å²) in [6, 6.07) is 7.80. The highest BCUT2D eigenvalue weighted by Gasteiger charge is 2.12. The van der Waals surface area contributed by atoms with Gasteiger partial charge in [0.15, 0.2) is 0 Å². The van der Waals surface area contributed by atoms with Gasteiger partial charge in [-0.1, -0.05) is 36.8 Å². The molecule has 0 saturated carbocycles. The summed E-state index contributed by atoms with van der Waals surface area (Å²) in [5, 5.41) is 4.98. The zero-order valence-corrected chi connectivity index (χ0v) is 9.21. The predicted octanol–water partition coefficient (Wildman–Crippen LogP) is 1.39. The van der Waals surface area contributed by atoms with Crippen LogP contribution in [0.5, 0.6) is 0 Å². The standard InChI is InChI=1S/C10H15NO2S/c1-8-4-3-5-10(6-8)9(2)7-14(11,12)13/h3-6,9H,7H2,1-2H3,(H2,11,12,13). The molecule has 0 aliphatic heterocycles. The molecule has 0 bridgehead atoms. The Kier molecular flexibility index (Phi) is 3.29. The molecular weight excluding hydrogens is 198 g/mol. The normalized spacial score (nSPS) is 13.9. The highest BCUT2D eigenvalue weighted by Crippen LogP contribution is 2.17. The molecule has 0 aliphatic rings. The van der Waals surface area contributed by atoms with Crippen LogP contribution in [0.4, 0.5) is 0 Å². The Morgan fingerprint density at radius 2 is 2.07 bits per heavy atom. The van der Waals surface area contributed by atoms with Crippen LogP contribution < -0.4 is 5.14 Å². The highest BCUT2D eigenvalue weighted by atomic mass is 32.2. The summed E-state index contributed by atoms with van der Waals surface area (Å²) >= 11 is 0. The first kappa shape index (κ1) is 11.2. The Hall–Kier alpha value is -0.870. The van der Waals surface area contributed by atoms with Crippen LogP contribution in [-0.4, -0.2) is 14.2 Å². The molecule has 1 rings (SSSR count). The lowest BCUT2D eigenvalue weighted by atomic mass is 10.0. The van der Waals surface area contributed by atoms with Gasteiger partial charge in [0, 0.05) is 0 Å². The predicted molar refractivity (Wildman–Crippen MR) is 57.6 cm³/mol. The number of sulfonamides is 1. The van der Waals surface area contributed by atoms with Crippen molar-refractivity contribution in [3.05, 3.63) is 35.4 Å². The molecule has 0 aliphatic carbocycles. The van der Waals surface area contributed by atoms with Gasteiger partial charge in [-0.15, -0.1) is 0 Å². The molecule has 1 atom stereocenters. The molecule has 1 aromatic rings. The largest absolute Gasteiger partial charge is 0.229 e. The summed E-state index contributed by atoms with van der Waals surface area (Å²) in [4.78, 5) is 0. The van der Waals surface area contributed by atoms with Gasteiger partial charge in [0.2, 0.25) is 10.0 Å². The number of hydrogen-bond acceptors (Lipinski definition) is 2. The van der Waals surface area contributed by atoms with Gasteiger partial charge in [-0.25, -0.2) is 13.6 Å². The molecule has 3 nitrogen and oxygen atoms in total. The molecular formula is C10H15NO2S. The van der Waals surface area contributed by atoms with E-state index in [1.165, 1.54) is 0 Å². The monoisotopic (exact) mass is 213 g/mol. The fourth-order valence-electron chi connectivity index (χ4n) is 1.42. The van der Waals surface area contributed by atoms with Crippen LogP contribution in [0.15, 0.2) is 24.3 Å². The molecule has 2 N–H and O–H groups in total. The molecule has 0 amide bonds. The van der Waals surface area contributed by atoms with Crippen LogP contribution in [0.25, 0.3) is 0 Å². The van der Waals surface area contributed by atoms with Crippen molar-refractivity contribution >= 4 is 10.0 Å². The lowest BCUT2D eigenvalue weighted by Gasteiger charge is -2.10. The maximum Gasteiger partial charge on any atom is 0.209 e. The van der Waals surface area contributed by atoms with Crippen LogP contribution in [-0.2, 0) is 10.0 Å². The molecule has 0 heterocycles. The van der Waals surface area contributed by atoms with E-state index in [-0.39, 0.29) is 11.7 Å². The van der Waals surface area contributed by atoms with Crippen LogP contribution in [0.1, 0.15) is 24.0 Å². The van der Waals surface area contributed by atoms with Crippen molar-refractivity contribution in [1.29, 1.82) is 0 Å². The van der Waals surface area contributed by atoms with Crippen molar-refractivity contribution in [3.8, 4) is 0 Å². The molecule has 0 spiro atoms. The molecule has 78 valence electrons. The first-order valence-electron chi connectivity index (χ1n) is 4.45. The van der Waals surface area contributed by atoms with Crippen LogP contribution in [0, 0.1) is 6.92 Å². The lowest BCUT2D eigenvalue weighted by Crippen LogP contribution is -2.20. The van der Waals surface area contributed by atoms with Crippen LogP contribution in [0.3, 0.4) is 0 Å². The van der Waals surface area contributed by atoms with Gasteiger partial charge in [-0.2, -0.15) is 0 Å². The zero-order chi connectivity index (χ0) is 10.8. The smallest absolute Gasteiger partial charge is 0.209 e. The van der Waals surface area contributed by atoms with Crippen molar-refractivity contribution in [1.82, 2.24) is 0 Å². The van der Waals surface area contributed by atoms with Crippen molar-refractivity contribution in [2.24, 2.45) is 5.14 Å². The first-order valence-corrected chi connectivity index (χ1v) is 6.17. The Morgan fingerprint density at radius 1 is 1.43 bits per heavy atom. The Morgan fingerprint density at radius 3 is 2.57 bits per heavy atom. The maximum atomic E-state index is 10.9. The van der Waals surface area contributed by atoms with Crippen molar-refractivity contribution in [2.45, 2.75) is 19.8 Å². The highest BCUT2D eigenvalue weighted by molar-refractivity contribution is 7.89. The summed E-state index contributed by atoms with van der Waals surface area (Å²) in [6.45, 7) is 3.84. The van der Waals surface area contributed by atoms with Crippen molar-refractivity contribution in [3.63, 3.8) is 0 Å². The first-order chi connectivity index (χ1) is 6.38. The van der Waals surface area contributed by atoms with E-state index in [2.05, 4.69) is 0 Å². The van der Waals surface area contributed by atoms with E-state index in [4.69, 9.17) is 5.14 Å². The van der Waals surface area contributed by atoms with Gasteiger partial charge in [0.1, 0.15) is 0 Å². The number of rotatable bonds is 3. The quantitative estimate of drug-likeness (QED) is 0.824. The van der Waals surface area contributed by atoms with E-state index in [0.29, 0.717) is 0 Å². The topological polar surface area (TPSA) is 60.2 Å². The van der Waals surface area contributed by atoms with Crippen molar-refractivity contribution in [2.75, 3.05) is 5.75 Å². The summed E-state index contributed by atoms with van der Waals surface area (Å²) in [7, 11) is -3.38.